The van der Waals surface area contributed by atoms with Crippen molar-refractivity contribution in [1.82, 2.24) is 9.97 Å². The highest BCUT2D eigenvalue weighted by Crippen LogP contribution is 2.31. The molecule has 0 amide bonds. The molecule has 3 rings (SSSR count). The molecule has 1 aliphatic heterocycles. The molecule has 0 spiro atoms. The maximum atomic E-state index is 9.37. The molecule has 1 saturated heterocycles. The predicted molar refractivity (Wildman–Crippen MR) is 78.1 cm³/mol. The third-order valence-electron chi connectivity index (χ3n) is 3.90. The zero-order valence-corrected chi connectivity index (χ0v) is 11.6. The molecule has 1 aliphatic rings. The largest absolute Gasteiger partial charge is 0.494 e. The third kappa shape index (κ3) is 2.29. The average molecular weight is 273 g/mol. The zero-order chi connectivity index (χ0) is 13.9. The first-order chi connectivity index (χ1) is 9.83. The lowest BCUT2D eigenvalue weighted by molar-refractivity contribution is 0.208. The summed E-state index contributed by atoms with van der Waals surface area (Å²) in [5.74, 6) is 2.04. The summed E-state index contributed by atoms with van der Waals surface area (Å²) < 4.78 is 5.36. The number of anilines is 1. The highest BCUT2D eigenvalue weighted by molar-refractivity contribution is 5.93. The predicted octanol–water partition coefficient (Wildman–Crippen LogP) is 1.85. The number of ether oxygens (including phenoxy) is 1. The molecule has 0 bridgehead atoms. The number of aliphatic hydroxyl groups excluding tert-OH is 1. The van der Waals surface area contributed by atoms with Crippen LogP contribution in [0.1, 0.15) is 12.8 Å². The number of aromatic nitrogens is 2. The van der Waals surface area contributed by atoms with E-state index in [2.05, 4.69) is 14.9 Å². The van der Waals surface area contributed by atoms with Crippen LogP contribution in [0.5, 0.6) is 5.75 Å². The summed E-state index contributed by atoms with van der Waals surface area (Å²) in [6.45, 7) is 2.06. The Bertz CT molecular complexity index is 603. The number of para-hydroxylation sites is 1. The highest BCUT2D eigenvalue weighted by Gasteiger charge is 2.22. The second kappa shape index (κ2) is 5.63. The van der Waals surface area contributed by atoms with Crippen LogP contribution in [-0.4, -0.2) is 41.9 Å². The number of rotatable bonds is 3. The van der Waals surface area contributed by atoms with Crippen LogP contribution in [0.15, 0.2) is 24.5 Å². The van der Waals surface area contributed by atoms with E-state index in [0.29, 0.717) is 5.92 Å². The van der Waals surface area contributed by atoms with Crippen LogP contribution in [0.4, 0.5) is 5.82 Å². The molecule has 0 aliphatic carbocycles. The second-order valence-electron chi connectivity index (χ2n) is 5.19. The molecule has 0 radical (unpaired) electrons. The molecule has 106 valence electrons. The Morgan fingerprint density at radius 2 is 2.30 bits per heavy atom. The highest BCUT2D eigenvalue weighted by atomic mass is 16.5. The van der Waals surface area contributed by atoms with Gasteiger partial charge in [0.25, 0.3) is 0 Å². The third-order valence-corrected chi connectivity index (χ3v) is 3.90. The first kappa shape index (κ1) is 13.1. The molecule has 20 heavy (non-hydrogen) atoms. The van der Waals surface area contributed by atoms with Crippen LogP contribution in [0.3, 0.4) is 0 Å². The van der Waals surface area contributed by atoms with Crippen LogP contribution in [-0.2, 0) is 0 Å². The number of aliphatic hydroxyl groups is 1. The molecular weight excluding hydrogens is 254 g/mol. The average Bonchev–Trinajstić information content (AvgIpc) is 2.53. The number of benzene rings is 1. The summed E-state index contributed by atoms with van der Waals surface area (Å²) in [5, 5.41) is 10.4. The molecule has 1 atom stereocenters. The van der Waals surface area contributed by atoms with E-state index in [-0.39, 0.29) is 6.61 Å². The lowest BCUT2D eigenvalue weighted by Gasteiger charge is -2.33. The van der Waals surface area contributed by atoms with Crippen molar-refractivity contribution in [3.8, 4) is 5.75 Å². The van der Waals surface area contributed by atoms with Crippen LogP contribution in [0, 0.1) is 5.92 Å². The molecule has 5 heteroatoms. The van der Waals surface area contributed by atoms with Crippen LogP contribution in [0.2, 0.25) is 0 Å². The van der Waals surface area contributed by atoms with Gasteiger partial charge in [0.2, 0.25) is 0 Å². The fourth-order valence-corrected chi connectivity index (χ4v) is 2.87. The SMILES string of the molecule is COc1cccc2c(N3CCCC(CO)C3)ncnc12. The second-order valence-corrected chi connectivity index (χ2v) is 5.19. The first-order valence-electron chi connectivity index (χ1n) is 6.97. The van der Waals surface area contributed by atoms with Crippen molar-refractivity contribution in [3.63, 3.8) is 0 Å². The first-order valence-corrected chi connectivity index (χ1v) is 6.97. The van der Waals surface area contributed by atoms with Crippen molar-refractivity contribution < 1.29 is 9.84 Å². The fraction of sp³-hybridized carbons (Fsp3) is 0.467. The number of methoxy groups -OCH3 is 1. The van der Waals surface area contributed by atoms with Crippen molar-refractivity contribution >= 4 is 16.7 Å². The minimum Gasteiger partial charge on any atom is -0.494 e. The van der Waals surface area contributed by atoms with Crippen molar-refractivity contribution in [2.45, 2.75) is 12.8 Å². The maximum Gasteiger partial charge on any atom is 0.145 e. The molecule has 2 heterocycles. The number of nitrogens with zero attached hydrogens (tertiary/aromatic N) is 3. The van der Waals surface area contributed by atoms with Gasteiger partial charge in [-0.3, -0.25) is 0 Å². The van der Waals surface area contributed by atoms with E-state index >= 15 is 0 Å². The van der Waals surface area contributed by atoms with E-state index in [1.54, 1.807) is 13.4 Å². The van der Waals surface area contributed by atoms with Gasteiger partial charge < -0.3 is 14.7 Å². The lowest BCUT2D eigenvalue weighted by atomic mass is 9.99. The molecule has 1 unspecified atom stereocenters. The molecular formula is C15H19N3O2. The van der Waals surface area contributed by atoms with Crippen LogP contribution in [0.25, 0.3) is 10.9 Å². The quantitative estimate of drug-likeness (QED) is 0.924. The standard InChI is InChI=1S/C15H19N3O2/c1-20-13-6-2-5-12-14(13)16-10-17-15(12)18-7-3-4-11(8-18)9-19/h2,5-6,10-11,19H,3-4,7-9H2,1H3. The number of fused-ring (bicyclic) bond motifs is 1. The van der Waals surface area contributed by atoms with Gasteiger partial charge in [0.15, 0.2) is 0 Å². The van der Waals surface area contributed by atoms with E-state index in [9.17, 15) is 5.11 Å². The van der Waals surface area contributed by atoms with Gasteiger partial charge in [0.05, 0.1) is 7.11 Å². The van der Waals surface area contributed by atoms with Gasteiger partial charge in [-0.15, -0.1) is 0 Å². The summed E-state index contributed by atoms with van der Waals surface area (Å²) in [7, 11) is 1.65. The van der Waals surface area contributed by atoms with Gasteiger partial charge in [0.1, 0.15) is 23.4 Å². The Morgan fingerprint density at radius 1 is 1.40 bits per heavy atom. The molecule has 1 N–H and O–H groups in total. The molecule has 0 saturated carbocycles. The Kier molecular flexibility index (Phi) is 3.69. The smallest absolute Gasteiger partial charge is 0.145 e. The van der Waals surface area contributed by atoms with E-state index in [1.807, 2.05) is 18.2 Å². The van der Waals surface area contributed by atoms with Gasteiger partial charge in [-0.05, 0) is 30.9 Å². The topological polar surface area (TPSA) is 58.5 Å². The number of hydrogen-bond acceptors (Lipinski definition) is 5. The molecule has 1 aromatic carbocycles. The maximum absolute atomic E-state index is 9.37. The van der Waals surface area contributed by atoms with E-state index in [0.717, 1.165) is 48.4 Å². The van der Waals surface area contributed by atoms with Crippen molar-refractivity contribution in [1.29, 1.82) is 0 Å². The van der Waals surface area contributed by atoms with E-state index < -0.39 is 0 Å². The Labute approximate surface area is 118 Å². The minimum atomic E-state index is 0.239. The summed E-state index contributed by atoms with van der Waals surface area (Å²) in [4.78, 5) is 11.0. The lowest BCUT2D eigenvalue weighted by Crippen LogP contribution is -2.37. The number of hydrogen-bond donors (Lipinski definition) is 1. The normalized spacial score (nSPS) is 19.3. The van der Waals surface area contributed by atoms with E-state index in [4.69, 9.17) is 4.74 Å². The summed E-state index contributed by atoms with van der Waals surface area (Å²) >= 11 is 0. The van der Waals surface area contributed by atoms with Gasteiger partial charge in [0, 0.05) is 25.1 Å². The number of piperidine rings is 1. The van der Waals surface area contributed by atoms with E-state index in [1.165, 1.54) is 0 Å². The van der Waals surface area contributed by atoms with Crippen molar-refractivity contribution in [3.05, 3.63) is 24.5 Å². The monoisotopic (exact) mass is 273 g/mol. The zero-order valence-electron chi connectivity index (χ0n) is 11.6. The van der Waals surface area contributed by atoms with Gasteiger partial charge in [-0.25, -0.2) is 9.97 Å². The summed E-state index contributed by atoms with van der Waals surface area (Å²) in [6, 6.07) is 5.89. The van der Waals surface area contributed by atoms with Gasteiger partial charge >= 0.3 is 0 Å². The molecule has 1 fully saturated rings. The van der Waals surface area contributed by atoms with Gasteiger partial charge in [-0.2, -0.15) is 0 Å². The molecule has 5 nitrogen and oxygen atoms in total. The van der Waals surface area contributed by atoms with Crippen molar-refractivity contribution in [2.24, 2.45) is 5.92 Å². The molecule has 2 aromatic rings. The molecule has 1 aromatic heterocycles. The van der Waals surface area contributed by atoms with Gasteiger partial charge in [-0.1, -0.05) is 6.07 Å². The Hall–Kier alpha value is -1.88. The minimum absolute atomic E-state index is 0.239. The van der Waals surface area contributed by atoms with Crippen LogP contribution < -0.4 is 9.64 Å². The summed E-state index contributed by atoms with van der Waals surface area (Å²) in [6.07, 6.45) is 3.75. The fourth-order valence-electron chi connectivity index (χ4n) is 2.87. The van der Waals surface area contributed by atoms with Crippen LogP contribution >= 0.6 is 0 Å². The van der Waals surface area contributed by atoms with Crippen molar-refractivity contribution in [2.75, 3.05) is 31.7 Å². The summed E-state index contributed by atoms with van der Waals surface area (Å²) in [5.41, 5.74) is 0.839. The Balaban J connectivity index is 2.03. The Morgan fingerprint density at radius 3 is 3.10 bits per heavy atom.